The molecular weight excluding hydrogens is 558 g/mol. The topological polar surface area (TPSA) is 135 Å². The van der Waals surface area contributed by atoms with Crippen molar-refractivity contribution in [3.05, 3.63) is 131 Å². The van der Waals surface area contributed by atoms with Crippen molar-refractivity contribution in [3.63, 3.8) is 0 Å². The number of aliphatic hydroxyl groups excluding tert-OH is 1. The molecule has 0 amide bonds. The normalized spacial score (nSPS) is 25.8. The number of hydrogen-bond donors (Lipinski definition) is 4. The van der Waals surface area contributed by atoms with E-state index in [-0.39, 0.29) is 17.7 Å². The first-order valence-corrected chi connectivity index (χ1v) is 15.0. The Morgan fingerprint density at radius 3 is 2.11 bits per heavy atom. The fourth-order valence-electron chi connectivity index (χ4n) is 6.85. The van der Waals surface area contributed by atoms with Gasteiger partial charge in [0.15, 0.2) is 23.0 Å². The number of nitrogens with one attached hydrogen (secondary N) is 2. The molecule has 4 heterocycles. The van der Waals surface area contributed by atoms with Gasteiger partial charge in [-0.05, 0) is 36.0 Å². The van der Waals surface area contributed by atoms with Crippen LogP contribution in [0.4, 0.5) is 0 Å². The lowest BCUT2D eigenvalue weighted by Gasteiger charge is -2.40. The van der Waals surface area contributed by atoms with Crippen molar-refractivity contribution < 1.29 is 19.7 Å². The van der Waals surface area contributed by atoms with Crippen molar-refractivity contribution in [2.75, 3.05) is 13.2 Å². The van der Waals surface area contributed by atoms with E-state index in [0.717, 1.165) is 29.5 Å². The van der Waals surface area contributed by atoms with Gasteiger partial charge in [0, 0.05) is 13.2 Å². The summed E-state index contributed by atoms with van der Waals surface area (Å²) in [6, 6.07) is 30.5. The average molecular weight is 594 g/mol. The lowest BCUT2D eigenvalue weighted by atomic mass is 9.76. The van der Waals surface area contributed by atoms with Crippen molar-refractivity contribution in [2.24, 2.45) is 0 Å². The predicted molar refractivity (Wildman–Crippen MR) is 164 cm³/mol. The molecule has 10 nitrogen and oxygen atoms in total. The summed E-state index contributed by atoms with van der Waals surface area (Å²) in [6.07, 6.45) is 1.00. The molecule has 2 saturated heterocycles. The maximum atomic E-state index is 12.5. The summed E-state index contributed by atoms with van der Waals surface area (Å²) in [7, 11) is 0. The zero-order valence-electron chi connectivity index (χ0n) is 24.1. The number of aromatic nitrogens is 4. The van der Waals surface area contributed by atoms with Gasteiger partial charge >= 0.3 is 0 Å². The van der Waals surface area contributed by atoms with Gasteiger partial charge in [-0.1, -0.05) is 91.0 Å². The third-order valence-electron chi connectivity index (χ3n) is 9.03. The number of imidazole rings is 1. The molecular formula is C34H35N5O5. The molecule has 0 radical (unpaired) electrons. The molecule has 0 aliphatic carbocycles. The van der Waals surface area contributed by atoms with Crippen LogP contribution < -0.4 is 10.9 Å². The van der Waals surface area contributed by atoms with Crippen LogP contribution in [-0.4, -0.2) is 66.8 Å². The molecule has 1 unspecified atom stereocenters. The van der Waals surface area contributed by atoms with E-state index < -0.39 is 41.2 Å². The number of ether oxygens (including phenoxy) is 2. The Hall–Kier alpha value is -4.19. The summed E-state index contributed by atoms with van der Waals surface area (Å²) in [6.45, 7) is 0.642. The fraction of sp³-hybridized carbons (Fsp3) is 0.324. The number of aromatic amines is 1. The molecule has 7 rings (SSSR count). The maximum absolute atomic E-state index is 12.5. The zero-order valence-corrected chi connectivity index (χ0v) is 24.1. The van der Waals surface area contributed by atoms with Gasteiger partial charge in [0.2, 0.25) is 0 Å². The van der Waals surface area contributed by atoms with Crippen LogP contribution in [0.25, 0.3) is 11.2 Å². The van der Waals surface area contributed by atoms with Gasteiger partial charge in [0.25, 0.3) is 5.56 Å². The molecule has 44 heavy (non-hydrogen) atoms. The van der Waals surface area contributed by atoms with Crippen molar-refractivity contribution >= 4 is 11.2 Å². The molecule has 4 N–H and O–H groups in total. The van der Waals surface area contributed by atoms with E-state index in [9.17, 15) is 15.0 Å². The van der Waals surface area contributed by atoms with Crippen LogP contribution in [0.2, 0.25) is 0 Å². The van der Waals surface area contributed by atoms with Gasteiger partial charge in [0.1, 0.15) is 12.2 Å². The first kappa shape index (κ1) is 28.6. The summed E-state index contributed by atoms with van der Waals surface area (Å²) in [4.78, 5) is 23.6. The zero-order chi connectivity index (χ0) is 30.1. The molecule has 0 spiro atoms. The predicted octanol–water partition coefficient (Wildman–Crippen LogP) is 3.26. The largest absolute Gasteiger partial charge is 0.387 e. The lowest BCUT2D eigenvalue weighted by Crippen LogP contribution is -2.58. The molecule has 2 aliphatic heterocycles. The fourth-order valence-corrected chi connectivity index (χ4v) is 6.85. The second-order valence-corrected chi connectivity index (χ2v) is 11.5. The van der Waals surface area contributed by atoms with Crippen LogP contribution in [0, 0.1) is 0 Å². The van der Waals surface area contributed by atoms with Crippen LogP contribution in [0.5, 0.6) is 0 Å². The Balaban J connectivity index is 1.31. The highest BCUT2D eigenvalue weighted by Crippen LogP contribution is 2.45. The van der Waals surface area contributed by atoms with Crippen molar-refractivity contribution in [1.29, 1.82) is 0 Å². The molecule has 2 fully saturated rings. The van der Waals surface area contributed by atoms with Crippen LogP contribution in [0.3, 0.4) is 0 Å². The number of rotatable bonds is 8. The summed E-state index contributed by atoms with van der Waals surface area (Å²) in [5, 5.41) is 28.1. The van der Waals surface area contributed by atoms with Crippen molar-refractivity contribution in [2.45, 2.75) is 54.9 Å². The molecule has 5 atom stereocenters. The molecule has 0 bridgehead atoms. The number of aliphatic hydroxyl groups is 2. The Labute approximate surface area is 254 Å². The van der Waals surface area contributed by atoms with E-state index in [4.69, 9.17) is 9.47 Å². The number of hydrogen-bond acceptors (Lipinski definition) is 8. The lowest BCUT2D eigenvalue weighted by molar-refractivity contribution is -0.197. The molecule has 226 valence electrons. The molecule has 3 aromatic carbocycles. The van der Waals surface area contributed by atoms with Crippen molar-refractivity contribution in [1.82, 2.24) is 24.8 Å². The first-order valence-electron chi connectivity index (χ1n) is 15.0. The first-order chi connectivity index (χ1) is 21.5. The highest BCUT2D eigenvalue weighted by Gasteiger charge is 2.61. The monoisotopic (exact) mass is 593 g/mol. The summed E-state index contributed by atoms with van der Waals surface area (Å²) in [5.41, 5.74) is 0.363. The minimum atomic E-state index is -1.83. The Morgan fingerprint density at radius 1 is 0.932 bits per heavy atom. The second kappa shape index (κ2) is 11.7. The van der Waals surface area contributed by atoms with E-state index >= 15 is 0 Å². The minimum absolute atomic E-state index is 0.121. The van der Waals surface area contributed by atoms with E-state index in [1.165, 1.54) is 17.2 Å². The van der Waals surface area contributed by atoms with Gasteiger partial charge in [-0.2, -0.15) is 0 Å². The van der Waals surface area contributed by atoms with Gasteiger partial charge in [-0.15, -0.1) is 0 Å². The van der Waals surface area contributed by atoms with E-state index in [1.54, 1.807) is 0 Å². The summed E-state index contributed by atoms with van der Waals surface area (Å²) in [5.74, 6) is 0. The van der Waals surface area contributed by atoms with E-state index in [0.29, 0.717) is 13.0 Å². The number of fused-ring (bicyclic) bond motifs is 1. The number of benzene rings is 3. The third kappa shape index (κ3) is 4.66. The SMILES string of the molecule is O=c1[nH]cnc2c1ncn2[C@@H]1O[C@H](CNC(c2ccccc2)(c2ccccc2)c2ccccc2)[C@@H](O)[C@]1(O)C1CCCCO1. The number of H-pyrrole nitrogens is 1. The molecule has 10 heteroatoms. The van der Waals surface area contributed by atoms with Crippen molar-refractivity contribution in [3.8, 4) is 0 Å². The average Bonchev–Trinajstić information content (AvgIpc) is 3.63. The summed E-state index contributed by atoms with van der Waals surface area (Å²) >= 11 is 0. The highest BCUT2D eigenvalue weighted by molar-refractivity contribution is 5.69. The standard InChI is InChI=1S/C34H35N5O5/c40-29-26(20-38-33(23-12-4-1-5-13-23,24-14-6-2-7-15-24)25-16-8-3-9-17-25)44-32(34(29,42)27-18-10-11-19-43-27)39-22-37-28-30(39)35-21-36-31(28)41/h1-9,12-17,21-22,26-27,29,32,38,40,42H,10-11,18-20H2,(H,35,36,41)/t26-,27?,29-,32-,34-/m1/s1. The number of nitrogens with zero attached hydrogens (tertiary/aromatic N) is 3. The summed E-state index contributed by atoms with van der Waals surface area (Å²) < 4.78 is 14.2. The second-order valence-electron chi connectivity index (χ2n) is 11.5. The van der Waals surface area contributed by atoms with Crippen LogP contribution in [0.1, 0.15) is 42.2 Å². The quantitative estimate of drug-likeness (QED) is 0.202. The minimum Gasteiger partial charge on any atom is -0.387 e. The smallest absolute Gasteiger partial charge is 0.278 e. The maximum Gasteiger partial charge on any atom is 0.278 e. The van der Waals surface area contributed by atoms with Gasteiger partial charge in [-0.3, -0.25) is 14.7 Å². The van der Waals surface area contributed by atoms with E-state index in [1.807, 2.05) is 54.6 Å². The molecule has 2 aromatic heterocycles. The van der Waals surface area contributed by atoms with E-state index in [2.05, 4.69) is 56.7 Å². The molecule has 0 saturated carbocycles. The van der Waals surface area contributed by atoms with Gasteiger partial charge < -0.3 is 24.7 Å². The van der Waals surface area contributed by atoms with Crippen LogP contribution in [0.15, 0.2) is 108 Å². The Morgan fingerprint density at radius 2 is 1.55 bits per heavy atom. The Kier molecular flexibility index (Phi) is 7.61. The molecule has 5 aromatic rings. The highest BCUT2D eigenvalue weighted by atomic mass is 16.6. The van der Waals surface area contributed by atoms with Crippen LogP contribution in [-0.2, 0) is 15.0 Å². The van der Waals surface area contributed by atoms with Crippen LogP contribution >= 0.6 is 0 Å². The molecule has 2 aliphatic rings. The van der Waals surface area contributed by atoms with Gasteiger partial charge in [-0.25, -0.2) is 9.97 Å². The third-order valence-corrected chi connectivity index (χ3v) is 9.03. The Bertz CT molecular complexity index is 1660. The van der Waals surface area contributed by atoms with Gasteiger partial charge in [0.05, 0.1) is 24.3 Å².